The fourth-order valence-electron chi connectivity index (χ4n) is 1.42. The van der Waals surface area contributed by atoms with Crippen molar-refractivity contribution in [2.24, 2.45) is 11.7 Å². The Balaban J connectivity index is 2.12. The first kappa shape index (κ1) is 11.3. The van der Waals surface area contributed by atoms with Crippen LogP contribution in [0.2, 0.25) is 0 Å². The Hall–Kier alpha value is 0.270. The summed E-state index contributed by atoms with van der Waals surface area (Å²) in [4.78, 5) is 0. The summed E-state index contributed by atoms with van der Waals surface area (Å²) >= 11 is 1.99. The Bertz CT molecular complexity index is 137. The lowest BCUT2D eigenvalue weighted by Gasteiger charge is -2.18. The van der Waals surface area contributed by atoms with E-state index in [2.05, 4.69) is 13.8 Å². The lowest BCUT2D eigenvalue weighted by Crippen LogP contribution is -2.33. The summed E-state index contributed by atoms with van der Waals surface area (Å²) in [6, 6.07) is 0.335. The van der Waals surface area contributed by atoms with Gasteiger partial charge in [0.2, 0.25) is 0 Å². The molecule has 3 heteroatoms. The molecule has 1 aliphatic heterocycles. The molecule has 0 aliphatic carbocycles. The van der Waals surface area contributed by atoms with E-state index in [0.29, 0.717) is 12.0 Å². The van der Waals surface area contributed by atoms with E-state index >= 15 is 0 Å². The Kier molecular flexibility index (Phi) is 5.14. The van der Waals surface area contributed by atoms with Crippen molar-refractivity contribution in [2.75, 3.05) is 19.0 Å². The van der Waals surface area contributed by atoms with E-state index in [9.17, 15) is 0 Å². The Morgan fingerprint density at radius 2 is 2.38 bits per heavy atom. The van der Waals surface area contributed by atoms with Crippen LogP contribution in [0, 0.1) is 5.92 Å². The quantitative estimate of drug-likeness (QED) is 0.741. The molecule has 3 atom stereocenters. The third kappa shape index (κ3) is 3.88. The molecule has 0 aromatic heterocycles. The van der Waals surface area contributed by atoms with Crippen LogP contribution in [0.15, 0.2) is 0 Å². The normalized spacial score (nSPS) is 27.5. The van der Waals surface area contributed by atoms with Crippen LogP contribution >= 0.6 is 11.8 Å². The topological polar surface area (TPSA) is 35.2 Å². The van der Waals surface area contributed by atoms with E-state index in [-0.39, 0.29) is 0 Å². The fraction of sp³-hybridized carbons (Fsp3) is 1.00. The maximum atomic E-state index is 6.08. The molecule has 13 heavy (non-hydrogen) atoms. The highest BCUT2D eigenvalue weighted by Crippen LogP contribution is 2.21. The average Bonchev–Trinajstić information content (AvgIpc) is 2.66. The molecular weight excluding hydrogens is 182 g/mol. The smallest absolute Gasteiger partial charge is 0.0510 e. The second-order valence-electron chi connectivity index (χ2n) is 3.84. The van der Waals surface area contributed by atoms with Gasteiger partial charge in [-0.25, -0.2) is 0 Å². The van der Waals surface area contributed by atoms with Crippen molar-refractivity contribution < 1.29 is 4.74 Å². The standard InChI is InChI=1S/C10H21NOS/c1-3-8(2)13-7-10(11)9-4-5-12-6-9/h8-10H,3-7,11H2,1-2H3. The molecule has 0 saturated carbocycles. The van der Waals surface area contributed by atoms with Gasteiger partial charge in [0, 0.05) is 29.6 Å². The summed E-state index contributed by atoms with van der Waals surface area (Å²) in [5, 5.41) is 0.744. The molecule has 1 aliphatic rings. The molecular formula is C10H21NOS. The lowest BCUT2D eigenvalue weighted by atomic mass is 10.0. The van der Waals surface area contributed by atoms with Gasteiger partial charge < -0.3 is 10.5 Å². The molecule has 0 radical (unpaired) electrons. The molecule has 3 unspecified atom stereocenters. The van der Waals surface area contributed by atoms with Gasteiger partial charge in [-0.15, -0.1) is 0 Å². The Morgan fingerprint density at radius 3 is 2.92 bits per heavy atom. The third-order valence-electron chi connectivity index (χ3n) is 2.72. The molecule has 0 aromatic rings. The van der Waals surface area contributed by atoms with E-state index in [4.69, 9.17) is 10.5 Å². The minimum Gasteiger partial charge on any atom is -0.381 e. The highest BCUT2D eigenvalue weighted by atomic mass is 32.2. The molecule has 0 spiro atoms. The molecule has 78 valence electrons. The SMILES string of the molecule is CCC(C)SCC(N)C1CCOC1. The minimum atomic E-state index is 0.335. The highest BCUT2D eigenvalue weighted by Gasteiger charge is 2.22. The molecule has 0 amide bonds. The van der Waals surface area contributed by atoms with Gasteiger partial charge >= 0.3 is 0 Å². The summed E-state index contributed by atoms with van der Waals surface area (Å²) in [7, 11) is 0. The van der Waals surface area contributed by atoms with Crippen molar-refractivity contribution in [2.45, 2.75) is 38.0 Å². The van der Waals surface area contributed by atoms with Crippen LogP contribution in [0.25, 0.3) is 0 Å². The van der Waals surface area contributed by atoms with Crippen molar-refractivity contribution in [3.05, 3.63) is 0 Å². The van der Waals surface area contributed by atoms with E-state index in [0.717, 1.165) is 30.6 Å². The molecule has 0 aromatic carbocycles. The van der Waals surface area contributed by atoms with Gasteiger partial charge in [-0.3, -0.25) is 0 Å². The summed E-state index contributed by atoms with van der Waals surface area (Å²) in [5.41, 5.74) is 6.08. The van der Waals surface area contributed by atoms with E-state index in [1.54, 1.807) is 0 Å². The highest BCUT2D eigenvalue weighted by molar-refractivity contribution is 7.99. The minimum absolute atomic E-state index is 0.335. The van der Waals surface area contributed by atoms with Gasteiger partial charge in [0.1, 0.15) is 0 Å². The van der Waals surface area contributed by atoms with Crippen molar-refractivity contribution in [3.8, 4) is 0 Å². The molecule has 1 rings (SSSR count). The van der Waals surface area contributed by atoms with Crippen molar-refractivity contribution in [3.63, 3.8) is 0 Å². The van der Waals surface area contributed by atoms with Gasteiger partial charge in [0.25, 0.3) is 0 Å². The number of hydrogen-bond donors (Lipinski definition) is 1. The largest absolute Gasteiger partial charge is 0.381 e. The number of hydrogen-bond acceptors (Lipinski definition) is 3. The second-order valence-corrected chi connectivity index (χ2v) is 5.31. The van der Waals surface area contributed by atoms with Gasteiger partial charge in [-0.2, -0.15) is 11.8 Å². The molecule has 1 fully saturated rings. The lowest BCUT2D eigenvalue weighted by molar-refractivity contribution is 0.182. The van der Waals surface area contributed by atoms with E-state index < -0.39 is 0 Å². The maximum Gasteiger partial charge on any atom is 0.0510 e. The van der Waals surface area contributed by atoms with Crippen LogP contribution in [0.1, 0.15) is 26.7 Å². The zero-order valence-electron chi connectivity index (χ0n) is 8.66. The predicted octanol–water partition coefficient (Wildman–Crippen LogP) is 1.88. The van der Waals surface area contributed by atoms with Crippen molar-refractivity contribution >= 4 is 11.8 Å². The van der Waals surface area contributed by atoms with Gasteiger partial charge in [-0.05, 0) is 12.8 Å². The zero-order chi connectivity index (χ0) is 9.68. The molecule has 2 nitrogen and oxygen atoms in total. The zero-order valence-corrected chi connectivity index (χ0v) is 9.48. The van der Waals surface area contributed by atoms with Gasteiger partial charge in [0.05, 0.1) is 6.61 Å². The van der Waals surface area contributed by atoms with Crippen molar-refractivity contribution in [1.82, 2.24) is 0 Å². The predicted molar refractivity (Wildman–Crippen MR) is 59.1 cm³/mol. The number of rotatable bonds is 5. The first-order valence-corrected chi connectivity index (χ1v) is 6.23. The molecule has 1 heterocycles. The monoisotopic (exact) mass is 203 g/mol. The third-order valence-corrected chi connectivity index (χ3v) is 4.20. The van der Waals surface area contributed by atoms with Crippen molar-refractivity contribution in [1.29, 1.82) is 0 Å². The van der Waals surface area contributed by atoms with E-state index in [1.165, 1.54) is 6.42 Å². The number of nitrogens with two attached hydrogens (primary N) is 1. The second kappa shape index (κ2) is 5.89. The molecule has 0 bridgehead atoms. The molecule has 1 saturated heterocycles. The van der Waals surface area contributed by atoms with Gasteiger partial charge in [-0.1, -0.05) is 13.8 Å². The summed E-state index contributed by atoms with van der Waals surface area (Å²) < 4.78 is 5.32. The summed E-state index contributed by atoms with van der Waals surface area (Å²) in [6.07, 6.45) is 2.39. The average molecular weight is 203 g/mol. The van der Waals surface area contributed by atoms with Crippen LogP contribution in [0.3, 0.4) is 0 Å². The maximum absolute atomic E-state index is 6.08. The van der Waals surface area contributed by atoms with Crippen LogP contribution in [-0.4, -0.2) is 30.3 Å². The van der Waals surface area contributed by atoms with E-state index in [1.807, 2.05) is 11.8 Å². The number of thioether (sulfide) groups is 1. The Morgan fingerprint density at radius 1 is 1.62 bits per heavy atom. The van der Waals surface area contributed by atoms with Gasteiger partial charge in [0.15, 0.2) is 0 Å². The Labute approximate surface area is 85.6 Å². The fourth-order valence-corrected chi connectivity index (χ4v) is 2.48. The first-order chi connectivity index (χ1) is 6.24. The number of ether oxygens (including phenoxy) is 1. The van der Waals surface area contributed by atoms with Crippen LogP contribution in [-0.2, 0) is 4.74 Å². The van der Waals surface area contributed by atoms with Crippen LogP contribution < -0.4 is 5.73 Å². The first-order valence-electron chi connectivity index (χ1n) is 5.19. The van der Waals surface area contributed by atoms with Crippen LogP contribution in [0.5, 0.6) is 0 Å². The van der Waals surface area contributed by atoms with Crippen LogP contribution in [0.4, 0.5) is 0 Å². The summed E-state index contributed by atoms with van der Waals surface area (Å²) in [5.74, 6) is 1.69. The molecule has 2 N–H and O–H groups in total. The summed E-state index contributed by atoms with van der Waals surface area (Å²) in [6.45, 7) is 6.28.